The third-order valence-electron chi connectivity index (χ3n) is 3.22. The normalized spacial score (nSPS) is 12.4. The van der Waals surface area contributed by atoms with E-state index in [1.165, 1.54) is 6.33 Å². The summed E-state index contributed by atoms with van der Waals surface area (Å²) in [5, 5.41) is 13.7. The maximum Gasteiger partial charge on any atom is 0.225 e. The first kappa shape index (κ1) is 13.3. The number of aryl methyl sites for hydroxylation is 2. The molecule has 0 aliphatic heterocycles. The molecular formula is C12H18N6O. The van der Waals surface area contributed by atoms with E-state index in [9.17, 15) is 4.79 Å². The van der Waals surface area contributed by atoms with E-state index in [-0.39, 0.29) is 11.9 Å². The Bertz CT molecular complexity index is 571. The molecule has 0 aromatic carbocycles. The van der Waals surface area contributed by atoms with Crippen molar-refractivity contribution < 1.29 is 4.79 Å². The first-order valence-corrected chi connectivity index (χ1v) is 6.12. The first-order chi connectivity index (χ1) is 8.99. The largest absolute Gasteiger partial charge is 0.346 e. The number of hydrogen-bond donors (Lipinski definition) is 2. The van der Waals surface area contributed by atoms with Crippen LogP contribution in [0.5, 0.6) is 0 Å². The minimum Gasteiger partial charge on any atom is -0.346 e. The molecule has 0 radical (unpaired) electrons. The van der Waals surface area contributed by atoms with Crippen LogP contribution >= 0.6 is 0 Å². The number of aromatic nitrogens is 5. The number of carbonyl (C=O) groups excluding carboxylic acids is 1. The molecule has 7 nitrogen and oxygen atoms in total. The van der Waals surface area contributed by atoms with E-state index in [4.69, 9.17) is 0 Å². The monoisotopic (exact) mass is 262 g/mol. The van der Waals surface area contributed by atoms with Gasteiger partial charge in [-0.3, -0.25) is 14.6 Å². The average Bonchev–Trinajstić information content (AvgIpc) is 2.94. The summed E-state index contributed by atoms with van der Waals surface area (Å²) < 4.78 is 1.79. The van der Waals surface area contributed by atoms with E-state index in [1.54, 1.807) is 4.68 Å². The van der Waals surface area contributed by atoms with E-state index in [0.717, 1.165) is 17.0 Å². The SMILES string of the molecule is Cc1nn(C)c(C)c1CC(=O)NC(C)c1ncn[nH]1. The molecule has 2 rings (SSSR count). The highest BCUT2D eigenvalue weighted by atomic mass is 16.1. The lowest BCUT2D eigenvalue weighted by Crippen LogP contribution is -2.29. The summed E-state index contributed by atoms with van der Waals surface area (Å²) in [5.74, 6) is 0.594. The Morgan fingerprint density at radius 1 is 1.53 bits per heavy atom. The van der Waals surface area contributed by atoms with Crippen LogP contribution in [0.4, 0.5) is 0 Å². The van der Waals surface area contributed by atoms with Crippen molar-refractivity contribution in [2.45, 2.75) is 33.2 Å². The van der Waals surface area contributed by atoms with Crippen LogP contribution in [-0.4, -0.2) is 30.9 Å². The molecule has 1 amide bonds. The summed E-state index contributed by atoms with van der Waals surface area (Å²) in [7, 11) is 1.88. The van der Waals surface area contributed by atoms with Crippen LogP contribution in [0.25, 0.3) is 0 Å². The molecule has 102 valence electrons. The summed E-state index contributed by atoms with van der Waals surface area (Å²) in [4.78, 5) is 16.0. The predicted molar refractivity (Wildman–Crippen MR) is 69.3 cm³/mol. The van der Waals surface area contributed by atoms with E-state index < -0.39 is 0 Å². The number of rotatable bonds is 4. The number of hydrogen-bond acceptors (Lipinski definition) is 4. The maximum absolute atomic E-state index is 12.0. The second-order valence-corrected chi connectivity index (χ2v) is 4.61. The molecule has 0 saturated carbocycles. The molecular weight excluding hydrogens is 244 g/mol. The van der Waals surface area contributed by atoms with Crippen molar-refractivity contribution in [2.75, 3.05) is 0 Å². The fraction of sp³-hybridized carbons (Fsp3) is 0.500. The van der Waals surface area contributed by atoms with Gasteiger partial charge in [0.15, 0.2) is 0 Å². The maximum atomic E-state index is 12.0. The minimum absolute atomic E-state index is 0.0527. The van der Waals surface area contributed by atoms with E-state index >= 15 is 0 Å². The zero-order valence-corrected chi connectivity index (χ0v) is 11.6. The number of aromatic amines is 1. The highest BCUT2D eigenvalue weighted by molar-refractivity contribution is 5.79. The van der Waals surface area contributed by atoms with Crippen molar-refractivity contribution in [3.63, 3.8) is 0 Å². The second-order valence-electron chi connectivity index (χ2n) is 4.61. The molecule has 2 aromatic heterocycles. The Morgan fingerprint density at radius 2 is 2.26 bits per heavy atom. The molecule has 7 heteroatoms. The predicted octanol–water partition coefficient (Wildman–Crippen LogP) is 0.575. The Labute approximate surface area is 111 Å². The summed E-state index contributed by atoms with van der Waals surface area (Å²) >= 11 is 0. The van der Waals surface area contributed by atoms with Crippen LogP contribution in [0.15, 0.2) is 6.33 Å². The van der Waals surface area contributed by atoms with Gasteiger partial charge >= 0.3 is 0 Å². The number of nitrogens with one attached hydrogen (secondary N) is 2. The Morgan fingerprint density at radius 3 is 2.79 bits per heavy atom. The Balaban J connectivity index is 2.02. The second kappa shape index (κ2) is 5.21. The van der Waals surface area contributed by atoms with Gasteiger partial charge in [0.2, 0.25) is 5.91 Å². The van der Waals surface area contributed by atoms with Crippen LogP contribution in [0.3, 0.4) is 0 Å². The van der Waals surface area contributed by atoms with Crippen molar-refractivity contribution in [2.24, 2.45) is 7.05 Å². The van der Waals surface area contributed by atoms with E-state index in [2.05, 4.69) is 25.6 Å². The lowest BCUT2D eigenvalue weighted by Gasteiger charge is -2.11. The van der Waals surface area contributed by atoms with Gasteiger partial charge in [0.1, 0.15) is 12.2 Å². The molecule has 1 unspecified atom stereocenters. The van der Waals surface area contributed by atoms with Gasteiger partial charge in [-0.25, -0.2) is 4.98 Å². The smallest absolute Gasteiger partial charge is 0.225 e. The van der Waals surface area contributed by atoms with Gasteiger partial charge in [0.25, 0.3) is 0 Å². The molecule has 0 saturated heterocycles. The molecule has 0 bridgehead atoms. The lowest BCUT2D eigenvalue weighted by molar-refractivity contribution is -0.121. The van der Waals surface area contributed by atoms with Gasteiger partial charge in [0.05, 0.1) is 18.2 Å². The summed E-state index contributed by atoms with van der Waals surface area (Å²) in [6.45, 7) is 5.74. The molecule has 19 heavy (non-hydrogen) atoms. The molecule has 0 spiro atoms. The summed E-state index contributed by atoms with van der Waals surface area (Å²) in [5.41, 5.74) is 2.88. The number of amides is 1. The Hall–Kier alpha value is -2.18. The van der Waals surface area contributed by atoms with E-state index in [1.807, 2.05) is 27.8 Å². The molecule has 0 fully saturated rings. The van der Waals surface area contributed by atoms with Crippen LogP contribution in [0, 0.1) is 13.8 Å². The quantitative estimate of drug-likeness (QED) is 0.843. The lowest BCUT2D eigenvalue weighted by atomic mass is 10.1. The van der Waals surface area contributed by atoms with Gasteiger partial charge in [-0.2, -0.15) is 10.2 Å². The minimum atomic E-state index is -0.188. The number of carbonyl (C=O) groups is 1. The summed E-state index contributed by atoms with van der Waals surface area (Å²) in [6.07, 6.45) is 1.75. The molecule has 2 heterocycles. The van der Waals surface area contributed by atoms with Crippen molar-refractivity contribution >= 4 is 5.91 Å². The third kappa shape index (κ3) is 2.81. The van der Waals surface area contributed by atoms with Crippen LogP contribution in [0.1, 0.15) is 35.7 Å². The topological polar surface area (TPSA) is 88.5 Å². The average molecular weight is 262 g/mol. The highest BCUT2D eigenvalue weighted by Crippen LogP contribution is 2.13. The first-order valence-electron chi connectivity index (χ1n) is 6.12. The van der Waals surface area contributed by atoms with Gasteiger partial charge in [0, 0.05) is 18.3 Å². The van der Waals surface area contributed by atoms with Crippen LogP contribution in [-0.2, 0) is 18.3 Å². The molecule has 2 aromatic rings. The van der Waals surface area contributed by atoms with Gasteiger partial charge < -0.3 is 5.32 Å². The van der Waals surface area contributed by atoms with Crippen LogP contribution < -0.4 is 5.32 Å². The Kier molecular flexibility index (Phi) is 3.64. The molecule has 0 aliphatic rings. The highest BCUT2D eigenvalue weighted by Gasteiger charge is 2.16. The van der Waals surface area contributed by atoms with E-state index in [0.29, 0.717) is 12.2 Å². The van der Waals surface area contributed by atoms with Crippen LogP contribution in [0.2, 0.25) is 0 Å². The number of nitrogens with zero attached hydrogens (tertiary/aromatic N) is 4. The molecule has 1 atom stereocenters. The fourth-order valence-electron chi connectivity index (χ4n) is 2.02. The van der Waals surface area contributed by atoms with Gasteiger partial charge in [-0.1, -0.05) is 0 Å². The van der Waals surface area contributed by atoms with Crippen molar-refractivity contribution in [1.29, 1.82) is 0 Å². The molecule has 0 aliphatic carbocycles. The fourth-order valence-corrected chi connectivity index (χ4v) is 2.02. The van der Waals surface area contributed by atoms with Crippen molar-refractivity contribution in [3.05, 3.63) is 29.1 Å². The molecule has 2 N–H and O–H groups in total. The summed E-state index contributed by atoms with van der Waals surface area (Å²) in [6, 6.07) is -0.188. The van der Waals surface area contributed by atoms with Crippen molar-refractivity contribution in [1.82, 2.24) is 30.3 Å². The van der Waals surface area contributed by atoms with Gasteiger partial charge in [-0.05, 0) is 20.8 Å². The van der Waals surface area contributed by atoms with Gasteiger partial charge in [-0.15, -0.1) is 0 Å². The zero-order chi connectivity index (χ0) is 14.0. The zero-order valence-electron chi connectivity index (χ0n) is 11.6. The number of H-pyrrole nitrogens is 1. The standard InChI is InChI=1S/C12H18N6O/c1-7-10(9(3)18(4)17-7)5-11(19)15-8(2)12-13-6-14-16-12/h6,8H,5H2,1-4H3,(H,15,19)(H,13,14,16). The van der Waals surface area contributed by atoms with Crippen molar-refractivity contribution in [3.8, 4) is 0 Å². The third-order valence-corrected chi connectivity index (χ3v) is 3.22.